The molecule has 0 heterocycles. The largest absolute Gasteiger partial charge is 0.347 e. The Bertz CT molecular complexity index is 220. The van der Waals surface area contributed by atoms with Crippen LogP contribution in [0.2, 0.25) is 0 Å². The molecule has 1 amide bonds. The maximum absolute atomic E-state index is 11.3. The van der Waals surface area contributed by atoms with Gasteiger partial charge in [-0.2, -0.15) is 0 Å². The molecule has 0 aromatic carbocycles. The lowest BCUT2D eigenvalue weighted by molar-refractivity contribution is -0.121. The van der Waals surface area contributed by atoms with Crippen molar-refractivity contribution in [3.05, 3.63) is 12.2 Å². The number of carbonyl (C=O) groups excluding carboxylic acids is 1. The summed E-state index contributed by atoms with van der Waals surface area (Å²) in [5, 5.41) is 2.77. The molecule has 2 nitrogen and oxygen atoms in total. The van der Waals surface area contributed by atoms with E-state index in [0.717, 1.165) is 19.3 Å². The summed E-state index contributed by atoms with van der Waals surface area (Å²) in [7, 11) is 0. The van der Waals surface area contributed by atoms with Crippen molar-refractivity contribution >= 4 is 29.1 Å². The van der Waals surface area contributed by atoms with Crippen LogP contribution in [0.5, 0.6) is 0 Å². The SMILES string of the molecule is CC(Cl)(Cl)C(=O)NC1C=CCCC1. The van der Waals surface area contributed by atoms with Gasteiger partial charge in [-0.3, -0.25) is 4.79 Å². The van der Waals surface area contributed by atoms with Gasteiger partial charge in [0.25, 0.3) is 5.91 Å². The van der Waals surface area contributed by atoms with E-state index < -0.39 is 4.33 Å². The van der Waals surface area contributed by atoms with Gasteiger partial charge in [0, 0.05) is 6.04 Å². The third-order valence-corrected chi connectivity index (χ3v) is 2.31. The highest BCUT2D eigenvalue weighted by molar-refractivity contribution is 6.57. The van der Waals surface area contributed by atoms with Crippen molar-refractivity contribution in [2.45, 2.75) is 36.6 Å². The zero-order chi connectivity index (χ0) is 9.90. The molecule has 4 heteroatoms. The molecule has 0 spiro atoms. The molecule has 74 valence electrons. The molecular formula is C9H13Cl2NO. The molecule has 1 rings (SSSR count). The minimum atomic E-state index is -1.33. The molecule has 0 aliphatic heterocycles. The molecule has 0 saturated carbocycles. The van der Waals surface area contributed by atoms with Crippen molar-refractivity contribution < 1.29 is 4.79 Å². The summed E-state index contributed by atoms with van der Waals surface area (Å²) in [6, 6.07) is 0.0954. The van der Waals surface area contributed by atoms with E-state index >= 15 is 0 Å². The normalized spacial score (nSPS) is 22.8. The molecule has 0 bridgehead atoms. The molecule has 13 heavy (non-hydrogen) atoms. The predicted octanol–water partition coefficient (Wildman–Crippen LogP) is 2.41. The van der Waals surface area contributed by atoms with Gasteiger partial charge in [-0.05, 0) is 26.2 Å². The number of alkyl halides is 2. The van der Waals surface area contributed by atoms with Crippen LogP contribution in [-0.4, -0.2) is 16.3 Å². The van der Waals surface area contributed by atoms with E-state index in [1.807, 2.05) is 6.08 Å². The molecule has 0 aromatic heterocycles. The van der Waals surface area contributed by atoms with Crippen LogP contribution in [0.3, 0.4) is 0 Å². The Kier molecular flexibility index (Phi) is 3.63. The second kappa shape index (κ2) is 4.34. The lowest BCUT2D eigenvalue weighted by Crippen LogP contribution is -2.42. The van der Waals surface area contributed by atoms with Gasteiger partial charge in [0.2, 0.25) is 0 Å². The Hall–Kier alpha value is -0.210. The van der Waals surface area contributed by atoms with Crippen LogP contribution in [0.15, 0.2) is 12.2 Å². The predicted molar refractivity (Wildman–Crippen MR) is 55.0 cm³/mol. The second-order valence-electron chi connectivity index (χ2n) is 3.33. The third kappa shape index (κ3) is 3.57. The second-order valence-corrected chi connectivity index (χ2v) is 5.03. The van der Waals surface area contributed by atoms with Crippen LogP contribution >= 0.6 is 23.2 Å². The van der Waals surface area contributed by atoms with E-state index in [9.17, 15) is 4.79 Å². The van der Waals surface area contributed by atoms with Crippen molar-refractivity contribution in [3.63, 3.8) is 0 Å². The fraction of sp³-hybridized carbons (Fsp3) is 0.667. The number of carbonyl (C=O) groups is 1. The van der Waals surface area contributed by atoms with E-state index in [2.05, 4.69) is 11.4 Å². The highest BCUT2D eigenvalue weighted by Gasteiger charge is 2.28. The first-order valence-corrected chi connectivity index (χ1v) is 5.11. The molecular weight excluding hydrogens is 209 g/mol. The maximum Gasteiger partial charge on any atom is 0.256 e. The van der Waals surface area contributed by atoms with Gasteiger partial charge in [0.15, 0.2) is 4.33 Å². The first-order valence-electron chi connectivity index (χ1n) is 4.35. The lowest BCUT2D eigenvalue weighted by Gasteiger charge is -2.21. The van der Waals surface area contributed by atoms with Crippen LogP contribution in [0.4, 0.5) is 0 Å². The van der Waals surface area contributed by atoms with Crippen molar-refractivity contribution in [1.29, 1.82) is 0 Å². The van der Waals surface area contributed by atoms with E-state index in [-0.39, 0.29) is 11.9 Å². The molecule has 0 saturated heterocycles. The van der Waals surface area contributed by atoms with Crippen molar-refractivity contribution in [2.24, 2.45) is 0 Å². The number of amides is 1. The van der Waals surface area contributed by atoms with Crippen LogP contribution in [0.1, 0.15) is 26.2 Å². The smallest absolute Gasteiger partial charge is 0.256 e. The topological polar surface area (TPSA) is 29.1 Å². The summed E-state index contributed by atoms with van der Waals surface area (Å²) in [4.78, 5) is 11.3. The molecule has 0 radical (unpaired) electrons. The van der Waals surface area contributed by atoms with Crippen LogP contribution in [-0.2, 0) is 4.79 Å². The zero-order valence-electron chi connectivity index (χ0n) is 7.52. The summed E-state index contributed by atoms with van der Waals surface area (Å²) in [5.41, 5.74) is 0. The quantitative estimate of drug-likeness (QED) is 0.564. The highest BCUT2D eigenvalue weighted by Crippen LogP contribution is 2.20. The van der Waals surface area contributed by atoms with E-state index in [1.165, 1.54) is 6.92 Å². The summed E-state index contributed by atoms with van der Waals surface area (Å²) in [6.07, 6.45) is 7.20. The number of hydrogen-bond donors (Lipinski definition) is 1. The first kappa shape index (κ1) is 10.9. The fourth-order valence-electron chi connectivity index (χ4n) is 1.23. The molecule has 1 aliphatic rings. The molecule has 0 fully saturated rings. The van der Waals surface area contributed by atoms with Crippen molar-refractivity contribution in [2.75, 3.05) is 0 Å². The minimum absolute atomic E-state index is 0.0954. The molecule has 1 atom stereocenters. The number of hydrogen-bond acceptors (Lipinski definition) is 1. The van der Waals surface area contributed by atoms with Crippen LogP contribution in [0, 0.1) is 0 Å². The molecule has 1 unspecified atom stereocenters. The van der Waals surface area contributed by atoms with Gasteiger partial charge in [0.05, 0.1) is 0 Å². The van der Waals surface area contributed by atoms with E-state index in [4.69, 9.17) is 23.2 Å². The monoisotopic (exact) mass is 221 g/mol. The summed E-state index contributed by atoms with van der Waals surface area (Å²) < 4.78 is -1.33. The van der Waals surface area contributed by atoms with Gasteiger partial charge >= 0.3 is 0 Å². The molecule has 1 aliphatic carbocycles. The van der Waals surface area contributed by atoms with Crippen molar-refractivity contribution in [1.82, 2.24) is 5.32 Å². The fourth-order valence-corrected chi connectivity index (χ4v) is 1.34. The van der Waals surface area contributed by atoms with Gasteiger partial charge in [-0.1, -0.05) is 35.4 Å². The first-order chi connectivity index (χ1) is 6.00. The standard InChI is InChI=1S/C9H13Cl2NO/c1-9(10,11)8(13)12-7-5-3-2-4-6-7/h3,5,7H,2,4,6H2,1H3,(H,12,13). The Morgan fingerprint density at radius 1 is 1.62 bits per heavy atom. The Balaban J connectivity index is 2.44. The molecule has 1 N–H and O–H groups in total. The number of rotatable bonds is 2. The summed E-state index contributed by atoms with van der Waals surface area (Å²) >= 11 is 11.3. The number of halogens is 2. The average Bonchev–Trinajstić information content (AvgIpc) is 2.04. The average molecular weight is 222 g/mol. The number of allylic oxidation sites excluding steroid dienone is 1. The van der Waals surface area contributed by atoms with Crippen LogP contribution < -0.4 is 5.32 Å². The molecule has 0 aromatic rings. The van der Waals surface area contributed by atoms with Crippen molar-refractivity contribution in [3.8, 4) is 0 Å². The maximum atomic E-state index is 11.3. The van der Waals surface area contributed by atoms with Gasteiger partial charge in [-0.25, -0.2) is 0 Å². The Morgan fingerprint density at radius 3 is 2.77 bits per heavy atom. The number of nitrogens with one attached hydrogen (secondary N) is 1. The summed E-state index contributed by atoms with van der Waals surface area (Å²) in [6.45, 7) is 1.47. The third-order valence-electron chi connectivity index (χ3n) is 1.97. The highest BCUT2D eigenvalue weighted by atomic mass is 35.5. The van der Waals surface area contributed by atoms with Crippen LogP contribution in [0.25, 0.3) is 0 Å². The van der Waals surface area contributed by atoms with Gasteiger partial charge < -0.3 is 5.32 Å². The van der Waals surface area contributed by atoms with E-state index in [0.29, 0.717) is 0 Å². The Morgan fingerprint density at radius 2 is 2.31 bits per heavy atom. The Labute approximate surface area is 88.3 Å². The summed E-state index contributed by atoms with van der Waals surface area (Å²) in [5.74, 6) is -0.326. The van der Waals surface area contributed by atoms with E-state index in [1.54, 1.807) is 0 Å². The zero-order valence-corrected chi connectivity index (χ0v) is 9.03. The minimum Gasteiger partial charge on any atom is -0.347 e. The van der Waals surface area contributed by atoms with Gasteiger partial charge in [0.1, 0.15) is 0 Å². The van der Waals surface area contributed by atoms with Gasteiger partial charge in [-0.15, -0.1) is 0 Å². The lowest BCUT2D eigenvalue weighted by atomic mass is 10.0.